The van der Waals surface area contributed by atoms with Gasteiger partial charge in [0.15, 0.2) is 5.11 Å². The Labute approximate surface area is 155 Å². The Morgan fingerprint density at radius 3 is 2.68 bits per heavy atom. The van der Waals surface area contributed by atoms with Crippen LogP contribution in [0.3, 0.4) is 0 Å². The summed E-state index contributed by atoms with van der Waals surface area (Å²) in [5.41, 5.74) is 7.62. The van der Waals surface area contributed by atoms with E-state index in [1.165, 1.54) is 16.2 Å². The van der Waals surface area contributed by atoms with Crippen LogP contribution in [0.25, 0.3) is 0 Å². The first-order valence-corrected chi connectivity index (χ1v) is 9.30. The summed E-state index contributed by atoms with van der Waals surface area (Å²) < 4.78 is 0. The van der Waals surface area contributed by atoms with Gasteiger partial charge in [0.1, 0.15) is 5.00 Å². The van der Waals surface area contributed by atoms with Gasteiger partial charge in [-0.05, 0) is 55.1 Å². The summed E-state index contributed by atoms with van der Waals surface area (Å²) >= 11 is 6.73. The maximum Gasteiger partial charge on any atom is 0.257 e. The number of hydrogen-bond donors (Lipinski definition) is 3. The molecule has 0 spiro atoms. The van der Waals surface area contributed by atoms with Crippen LogP contribution in [0.1, 0.15) is 44.5 Å². The molecule has 0 unspecified atom stereocenters. The van der Waals surface area contributed by atoms with Crippen LogP contribution in [-0.4, -0.2) is 16.9 Å². The molecule has 0 aliphatic heterocycles. The molecule has 2 aromatic rings. The fourth-order valence-corrected chi connectivity index (χ4v) is 4.68. The molecule has 1 aromatic carbocycles. The third-order valence-corrected chi connectivity index (χ3v) is 5.62. The minimum Gasteiger partial charge on any atom is -0.365 e. The maximum absolute atomic E-state index is 12.2. The summed E-state index contributed by atoms with van der Waals surface area (Å²) in [6.45, 7) is 2.20. The van der Waals surface area contributed by atoms with Crippen LogP contribution in [0.15, 0.2) is 30.3 Å². The minimum atomic E-state index is -0.466. The number of primary amides is 1. The van der Waals surface area contributed by atoms with Crippen molar-refractivity contribution in [1.82, 2.24) is 5.32 Å². The lowest BCUT2D eigenvalue weighted by atomic mass is 9.88. The summed E-state index contributed by atoms with van der Waals surface area (Å²) in [6, 6.07) is 8.82. The molecule has 0 saturated carbocycles. The van der Waals surface area contributed by atoms with Crippen LogP contribution in [0.4, 0.5) is 5.00 Å². The summed E-state index contributed by atoms with van der Waals surface area (Å²) in [7, 11) is 0. The van der Waals surface area contributed by atoms with Gasteiger partial charge in [-0.3, -0.25) is 14.9 Å². The van der Waals surface area contributed by atoms with E-state index in [0.29, 0.717) is 22.0 Å². The van der Waals surface area contributed by atoms with E-state index in [4.69, 9.17) is 18.0 Å². The number of carbonyl (C=O) groups is 2. The molecule has 1 aromatic heterocycles. The SMILES string of the molecule is C[C@@H]1CCc2c(sc(NC(=S)NC(=O)c3ccccc3)c2C(N)=O)C1. The molecular formula is C18H19N3O2S2. The number of anilines is 1. The van der Waals surface area contributed by atoms with E-state index < -0.39 is 5.91 Å². The number of rotatable bonds is 3. The minimum absolute atomic E-state index is 0.156. The highest BCUT2D eigenvalue weighted by Gasteiger charge is 2.27. The topological polar surface area (TPSA) is 84.2 Å². The Bertz CT molecular complexity index is 830. The van der Waals surface area contributed by atoms with E-state index in [1.807, 2.05) is 6.07 Å². The molecule has 7 heteroatoms. The molecule has 2 amide bonds. The Kier molecular flexibility index (Phi) is 5.15. The first-order valence-electron chi connectivity index (χ1n) is 8.07. The van der Waals surface area contributed by atoms with Gasteiger partial charge in [0.05, 0.1) is 5.56 Å². The first kappa shape index (κ1) is 17.6. The van der Waals surface area contributed by atoms with Gasteiger partial charge in [-0.1, -0.05) is 25.1 Å². The zero-order valence-electron chi connectivity index (χ0n) is 13.8. The average Bonchev–Trinajstić information content (AvgIpc) is 2.92. The molecule has 3 rings (SSSR count). The van der Waals surface area contributed by atoms with Gasteiger partial charge in [-0.2, -0.15) is 0 Å². The zero-order valence-corrected chi connectivity index (χ0v) is 15.4. The highest BCUT2D eigenvalue weighted by Crippen LogP contribution is 2.39. The number of hydrogen-bond acceptors (Lipinski definition) is 4. The third-order valence-electron chi connectivity index (χ3n) is 4.25. The number of benzene rings is 1. The number of carbonyl (C=O) groups excluding carboxylic acids is 2. The molecule has 1 heterocycles. The fraction of sp³-hybridized carbons (Fsp3) is 0.278. The van der Waals surface area contributed by atoms with Gasteiger partial charge in [0, 0.05) is 10.4 Å². The molecule has 5 nitrogen and oxygen atoms in total. The van der Waals surface area contributed by atoms with E-state index in [-0.39, 0.29) is 11.0 Å². The lowest BCUT2D eigenvalue weighted by Gasteiger charge is -2.18. The molecule has 4 N–H and O–H groups in total. The van der Waals surface area contributed by atoms with Crippen molar-refractivity contribution in [2.24, 2.45) is 11.7 Å². The summed E-state index contributed by atoms with van der Waals surface area (Å²) in [5.74, 6) is -0.176. The summed E-state index contributed by atoms with van der Waals surface area (Å²) in [6.07, 6.45) is 2.82. The van der Waals surface area contributed by atoms with E-state index >= 15 is 0 Å². The van der Waals surface area contributed by atoms with E-state index in [9.17, 15) is 9.59 Å². The molecule has 25 heavy (non-hydrogen) atoms. The molecule has 1 aliphatic carbocycles. The number of amides is 2. The van der Waals surface area contributed by atoms with Crippen molar-refractivity contribution < 1.29 is 9.59 Å². The lowest BCUT2D eigenvalue weighted by Crippen LogP contribution is -2.34. The molecule has 0 fully saturated rings. The number of fused-ring (bicyclic) bond motifs is 1. The Morgan fingerprint density at radius 2 is 2.00 bits per heavy atom. The Morgan fingerprint density at radius 1 is 1.28 bits per heavy atom. The maximum atomic E-state index is 12.2. The van der Waals surface area contributed by atoms with Crippen molar-refractivity contribution in [3.05, 3.63) is 51.9 Å². The molecular weight excluding hydrogens is 354 g/mol. The van der Waals surface area contributed by atoms with Crippen LogP contribution < -0.4 is 16.4 Å². The standard InChI is InChI=1S/C18H19N3O2S2/c1-10-7-8-12-13(9-10)25-17(14(12)15(19)22)21-18(24)20-16(23)11-5-3-2-4-6-11/h2-6,10H,7-9H2,1H3,(H2,19,22)(H2,20,21,23,24)/t10-/m1/s1. The summed E-state index contributed by atoms with van der Waals surface area (Å²) in [4.78, 5) is 25.3. The molecule has 130 valence electrons. The Balaban J connectivity index is 1.77. The van der Waals surface area contributed by atoms with Crippen molar-refractivity contribution in [2.75, 3.05) is 5.32 Å². The molecule has 1 atom stereocenters. The van der Waals surface area contributed by atoms with Gasteiger partial charge in [0.2, 0.25) is 0 Å². The van der Waals surface area contributed by atoms with Crippen LogP contribution >= 0.6 is 23.6 Å². The number of thiocarbonyl (C=S) groups is 1. The van der Waals surface area contributed by atoms with Gasteiger partial charge >= 0.3 is 0 Å². The average molecular weight is 374 g/mol. The van der Waals surface area contributed by atoms with Gasteiger partial charge in [-0.15, -0.1) is 11.3 Å². The highest BCUT2D eigenvalue weighted by molar-refractivity contribution is 7.80. The van der Waals surface area contributed by atoms with Crippen molar-refractivity contribution in [3.8, 4) is 0 Å². The van der Waals surface area contributed by atoms with E-state index in [1.54, 1.807) is 24.3 Å². The summed E-state index contributed by atoms with van der Waals surface area (Å²) in [5, 5.41) is 6.39. The van der Waals surface area contributed by atoms with Gasteiger partial charge < -0.3 is 11.1 Å². The zero-order chi connectivity index (χ0) is 18.0. The van der Waals surface area contributed by atoms with Crippen LogP contribution in [0.2, 0.25) is 0 Å². The van der Waals surface area contributed by atoms with Gasteiger partial charge in [-0.25, -0.2) is 0 Å². The molecule has 0 saturated heterocycles. The van der Waals surface area contributed by atoms with Crippen molar-refractivity contribution in [3.63, 3.8) is 0 Å². The van der Waals surface area contributed by atoms with Crippen molar-refractivity contribution in [1.29, 1.82) is 0 Å². The van der Waals surface area contributed by atoms with E-state index in [2.05, 4.69) is 17.6 Å². The van der Waals surface area contributed by atoms with Crippen LogP contribution in [0.5, 0.6) is 0 Å². The van der Waals surface area contributed by atoms with E-state index in [0.717, 1.165) is 24.8 Å². The molecule has 0 radical (unpaired) electrons. The van der Waals surface area contributed by atoms with Gasteiger partial charge in [0.25, 0.3) is 11.8 Å². The fourth-order valence-electron chi connectivity index (χ4n) is 3.00. The predicted octanol–water partition coefficient (Wildman–Crippen LogP) is 3.10. The lowest BCUT2D eigenvalue weighted by molar-refractivity contribution is 0.0975. The second kappa shape index (κ2) is 7.33. The monoisotopic (exact) mass is 373 g/mol. The van der Waals surface area contributed by atoms with Crippen molar-refractivity contribution in [2.45, 2.75) is 26.2 Å². The Hall–Kier alpha value is -2.25. The smallest absolute Gasteiger partial charge is 0.257 e. The molecule has 0 bridgehead atoms. The number of thiophene rings is 1. The second-order valence-electron chi connectivity index (χ2n) is 6.19. The normalized spacial score (nSPS) is 16.0. The number of nitrogens with two attached hydrogens (primary N) is 1. The largest absolute Gasteiger partial charge is 0.365 e. The van der Waals surface area contributed by atoms with Crippen LogP contribution in [-0.2, 0) is 12.8 Å². The predicted molar refractivity (Wildman–Crippen MR) is 104 cm³/mol. The quantitative estimate of drug-likeness (QED) is 0.722. The molecule has 1 aliphatic rings. The van der Waals surface area contributed by atoms with Crippen LogP contribution in [0, 0.1) is 5.92 Å². The third kappa shape index (κ3) is 3.88. The second-order valence-corrected chi connectivity index (χ2v) is 7.71. The number of nitrogens with one attached hydrogen (secondary N) is 2. The van der Waals surface area contributed by atoms with Crippen molar-refractivity contribution >= 4 is 45.5 Å². The highest BCUT2D eigenvalue weighted by atomic mass is 32.1. The first-order chi connectivity index (χ1) is 12.0.